The smallest absolute Gasteiger partial charge is 0.270 e. The van der Waals surface area contributed by atoms with Crippen LogP contribution >= 0.6 is 12.2 Å². The number of morpholine rings is 1. The Kier molecular flexibility index (Phi) is 6.85. The predicted octanol–water partition coefficient (Wildman–Crippen LogP) is 0.431. The zero-order chi connectivity index (χ0) is 17.4. The molecule has 0 unspecified atom stereocenters. The van der Waals surface area contributed by atoms with Crippen molar-refractivity contribution in [2.75, 3.05) is 39.4 Å². The number of nitro groups is 1. The third-order valence-electron chi connectivity index (χ3n) is 3.41. The van der Waals surface area contributed by atoms with Gasteiger partial charge in [-0.2, -0.15) is 5.10 Å². The van der Waals surface area contributed by atoms with Crippen molar-refractivity contribution < 1.29 is 14.8 Å². The summed E-state index contributed by atoms with van der Waals surface area (Å²) in [6, 6.07) is 3.70. The van der Waals surface area contributed by atoms with Crippen LogP contribution in [0.3, 0.4) is 0 Å². The van der Waals surface area contributed by atoms with E-state index in [9.17, 15) is 15.2 Å². The van der Waals surface area contributed by atoms with E-state index >= 15 is 0 Å². The van der Waals surface area contributed by atoms with Crippen LogP contribution in [0.25, 0.3) is 0 Å². The minimum atomic E-state index is -0.540. The Morgan fingerprint density at radius 3 is 2.96 bits per heavy atom. The van der Waals surface area contributed by atoms with Crippen molar-refractivity contribution in [2.45, 2.75) is 0 Å². The summed E-state index contributed by atoms with van der Waals surface area (Å²) in [5.41, 5.74) is 2.72. The number of ether oxygens (including phenoxy) is 1. The predicted molar refractivity (Wildman–Crippen MR) is 93.4 cm³/mol. The fraction of sp³-hybridized carbons (Fsp3) is 0.429. The SMILES string of the molecule is O=[N+]([O-])c1ccc(O)c(/C=N/NC(=S)NCCN2CCOCC2)c1. The number of phenolic OH excluding ortho intramolecular Hbond substituents is 1. The van der Waals surface area contributed by atoms with Crippen LogP contribution in [0.2, 0.25) is 0 Å². The lowest BCUT2D eigenvalue weighted by atomic mass is 10.2. The molecule has 0 amide bonds. The molecule has 0 spiro atoms. The number of phenols is 1. The van der Waals surface area contributed by atoms with E-state index in [1.165, 1.54) is 24.4 Å². The fourth-order valence-electron chi connectivity index (χ4n) is 2.11. The minimum Gasteiger partial charge on any atom is -0.507 e. The highest BCUT2D eigenvalue weighted by molar-refractivity contribution is 7.80. The van der Waals surface area contributed by atoms with Crippen LogP contribution in [-0.2, 0) is 4.74 Å². The van der Waals surface area contributed by atoms with Gasteiger partial charge in [0, 0.05) is 43.9 Å². The van der Waals surface area contributed by atoms with E-state index in [0.717, 1.165) is 32.8 Å². The molecule has 0 saturated carbocycles. The second-order valence-corrected chi connectivity index (χ2v) is 5.49. The number of nitrogens with one attached hydrogen (secondary N) is 2. The van der Waals surface area contributed by atoms with Crippen molar-refractivity contribution in [1.82, 2.24) is 15.6 Å². The molecule has 0 atom stereocenters. The largest absolute Gasteiger partial charge is 0.507 e. The van der Waals surface area contributed by atoms with E-state index in [-0.39, 0.29) is 17.0 Å². The van der Waals surface area contributed by atoms with Gasteiger partial charge in [0.05, 0.1) is 24.4 Å². The molecule has 1 aliphatic heterocycles. The number of hydrogen-bond donors (Lipinski definition) is 3. The number of hydrogen-bond acceptors (Lipinski definition) is 7. The molecule has 1 aromatic rings. The maximum atomic E-state index is 10.7. The van der Waals surface area contributed by atoms with Gasteiger partial charge in [0.25, 0.3) is 5.69 Å². The van der Waals surface area contributed by atoms with Gasteiger partial charge in [0.1, 0.15) is 5.75 Å². The standard InChI is InChI=1S/C14H19N5O4S/c20-13-2-1-12(19(21)22)9-11(13)10-16-17-14(24)15-3-4-18-5-7-23-8-6-18/h1-2,9-10,20H,3-8H2,(H2,15,17,24)/b16-10+. The lowest BCUT2D eigenvalue weighted by molar-refractivity contribution is -0.384. The summed E-state index contributed by atoms with van der Waals surface area (Å²) in [6.07, 6.45) is 1.28. The number of aromatic hydroxyl groups is 1. The van der Waals surface area contributed by atoms with Crippen molar-refractivity contribution in [1.29, 1.82) is 0 Å². The Labute approximate surface area is 144 Å². The van der Waals surface area contributed by atoms with Crippen LogP contribution in [0.1, 0.15) is 5.56 Å². The summed E-state index contributed by atoms with van der Waals surface area (Å²) in [5, 5.41) is 27.6. The molecule has 3 N–H and O–H groups in total. The van der Waals surface area contributed by atoms with Gasteiger partial charge in [-0.3, -0.25) is 20.4 Å². The van der Waals surface area contributed by atoms with Gasteiger partial charge in [-0.1, -0.05) is 0 Å². The normalized spacial score (nSPS) is 15.3. The van der Waals surface area contributed by atoms with E-state index < -0.39 is 4.92 Å². The van der Waals surface area contributed by atoms with Gasteiger partial charge in [-0.05, 0) is 18.3 Å². The second kappa shape index (κ2) is 9.11. The molecular weight excluding hydrogens is 334 g/mol. The van der Waals surface area contributed by atoms with Crippen molar-refractivity contribution in [2.24, 2.45) is 5.10 Å². The van der Waals surface area contributed by atoms with Crippen LogP contribution in [-0.4, -0.2) is 65.6 Å². The van der Waals surface area contributed by atoms with E-state index in [2.05, 4.69) is 20.7 Å². The number of thiocarbonyl (C=S) groups is 1. The highest BCUT2D eigenvalue weighted by atomic mass is 32.1. The lowest BCUT2D eigenvalue weighted by Gasteiger charge is -2.26. The van der Waals surface area contributed by atoms with Crippen molar-refractivity contribution in [3.63, 3.8) is 0 Å². The van der Waals surface area contributed by atoms with Crippen LogP contribution < -0.4 is 10.7 Å². The Hall–Kier alpha value is -2.30. The highest BCUT2D eigenvalue weighted by Gasteiger charge is 2.10. The molecule has 9 nitrogen and oxygen atoms in total. The first kappa shape index (κ1) is 18.0. The average molecular weight is 353 g/mol. The molecule has 1 saturated heterocycles. The number of nitrogens with zero attached hydrogens (tertiary/aromatic N) is 3. The first-order valence-electron chi connectivity index (χ1n) is 7.40. The van der Waals surface area contributed by atoms with E-state index in [1.54, 1.807) is 0 Å². The van der Waals surface area contributed by atoms with Crippen molar-refractivity contribution in [3.05, 3.63) is 33.9 Å². The first-order chi connectivity index (χ1) is 11.6. The van der Waals surface area contributed by atoms with E-state index in [0.29, 0.717) is 11.7 Å². The zero-order valence-corrected chi connectivity index (χ0v) is 13.8. The molecule has 10 heteroatoms. The Bertz CT molecular complexity index is 619. The quantitative estimate of drug-likeness (QED) is 0.292. The topological polar surface area (TPSA) is 112 Å². The average Bonchev–Trinajstić information content (AvgIpc) is 2.57. The third kappa shape index (κ3) is 5.72. The van der Waals surface area contributed by atoms with Gasteiger partial charge in [0.15, 0.2) is 5.11 Å². The van der Waals surface area contributed by atoms with Gasteiger partial charge in [-0.15, -0.1) is 0 Å². The molecule has 24 heavy (non-hydrogen) atoms. The molecule has 130 valence electrons. The number of hydrazone groups is 1. The van der Waals surface area contributed by atoms with Crippen LogP contribution in [0.15, 0.2) is 23.3 Å². The monoisotopic (exact) mass is 353 g/mol. The summed E-state index contributed by atoms with van der Waals surface area (Å²) in [6.45, 7) is 4.83. The molecule has 0 bridgehead atoms. The summed E-state index contributed by atoms with van der Waals surface area (Å²) in [7, 11) is 0. The molecule has 1 fully saturated rings. The maximum absolute atomic E-state index is 10.7. The molecule has 1 heterocycles. The van der Waals surface area contributed by atoms with Gasteiger partial charge < -0.3 is 15.2 Å². The maximum Gasteiger partial charge on any atom is 0.270 e. The van der Waals surface area contributed by atoms with Crippen LogP contribution in [0.4, 0.5) is 5.69 Å². The summed E-state index contributed by atoms with van der Waals surface area (Å²) < 4.78 is 5.27. The minimum absolute atomic E-state index is 0.0997. The molecule has 0 aliphatic carbocycles. The molecule has 0 radical (unpaired) electrons. The first-order valence-corrected chi connectivity index (χ1v) is 7.81. The van der Waals surface area contributed by atoms with Crippen LogP contribution in [0, 0.1) is 10.1 Å². The lowest BCUT2D eigenvalue weighted by Crippen LogP contribution is -2.42. The summed E-state index contributed by atoms with van der Waals surface area (Å²) >= 11 is 5.09. The Morgan fingerprint density at radius 1 is 1.50 bits per heavy atom. The summed E-state index contributed by atoms with van der Waals surface area (Å²) in [4.78, 5) is 12.4. The number of rotatable bonds is 6. The third-order valence-corrected chi connectivity index (χ3v) is 3.64. The Morgan fingerprint density at radius 2 is 2.25 bits per heavy atom. The highest BCUT2D eigenvalue weighted by Crippen LogP contribution is 2.21. The molecule has 0 aromatic heterocycles. The van der Waals surface area contributed by atoms with Crippen molar-refractivity contribution >= 4 is 29.2 Å². The molecule has 1 aromatic carbocycles. The number of nitro benzene ring substituents is 1. The van der Waals surface area contributed by atoms with Gasteiger partial charge in [-0.25, -0.2) is 0 Å². The zero-order valence-electron chi connectivity index (χ0n) is 13.0. The Balaban J connectivity index is 1.75. The van der Waals surface area contributed by atoms with E-state index in [4.69, 9.17) is 17.0 Å². The molecular formula is C14H19N5O4S. The number of non-ortho nitro benzene ring substituents is 1. The second-order valence-electron chi connectivity index (χ2n) is 5.08. The van der Waals surface area contributed by atoms with Crippen molar-refractivity contribution in [3.8, 4) is 5.75 Å². The molecule has 1 aliphatic rings. The van der Waals surface area contributed by atoms with Gasteiger partial charge >= 0.3 is 0 Å². The summed E-state index contributed by atoms with van der Waals surface area (Å²) in [5.74, 6) is -0.0997. The van der Waals surface area contributed by atoms with Gasteiger partial charge in [0.2, 0.25) is 0 Å². The van der Waals surface area contributed by atoms with Crippen LogP contribution in [0.5, 0.6) is 5.75 Å². The van der Waals surface area contributed by atoms with E-state index in [1.807, 2.05) is 0 Å². The number of benzene rings is 1. The molecule has 2 rings (SSSR count). The fourth-order valence-corrected chi connectivity index (χ4v) is 2.27.